The molecule has 94 valence electrons. The van der Waals surface area contributed by atoms with Gasteiger partial charge in [0.25, 0.3) is 0 Å². The first kappa shape index (κ1) is 13.9. The Kier molecular flexibility index (Phi) is 6.50. The van der Waals surface area contributed by atoms with Crippen molar-refractivity contribution in [2.24, 2.45) is 0 Å². The summed E-state index contributed by atoms with van der Waals surface area (Å²) in [6, 6.07) is 7.30. The van der Waals surface area contributed by atoms with E-state index in [1.165, 1.54) is 0 Å². The molecule has 4 nitrogen and oxygen atoms in total. The number of aliphatic hydroxyl groups is 1. The van der Waals surface area contributed by atoms with Crippen LogP contribution < -0.4 is 10.1 Å². The minimum atomic E-state index is -0.0417. The summed E-state index contributed by atoms with van der Waals surface area (Å²) < 4.78 is 5.14. The van der Waals surface area contributed by atoms with E-state index in [4.69, 9.17) is 9.84 Å². The van der Waals surface area contributed by atoms with Crippen molar-refractivity contribution in [2.75, 3.05) is 30.5 Å². The van der Waals surface area contributed by atoms with Gasteiger partial charge in [0, 0.05) is 17.9 Å². The Hall–Kier alpha value is -1.20. The summed E-state index contributed by atoms with van der Waals surface area (Å²) >= 11 is 1.56. The van der Waals surface area contributed by atoms with Crippen LogP contribution in [0.1, 0.15) is 6.42 Å². The van der Waals surface area contributed by atoms with Crippen LogP contribution in [0, 0.1) is 0 Å². The zero-order valence-electron chi connectivity index (χ0n) is 9.81. The van der Waals surface area contributed by atoms with Crippen molar-refractivity contribution >= 4 is 23.4 Å². The van der Waals surface area contributed by atoms with E-state index >= 15 is 0 Å². The SMILES string of the molecule is COc1ccccc1NC(=O)CCSCCO. The van der Waals surface area contributed by atoms with E-state index in [9.17, 15) is 4.79 Å². The van der Waals surface area contributed by atoms with E-state index in [0.717, 1.165) is 0 Å². The first-order valence-corrected chi connectivity index (χ1v) is 6.55. The highest BCUT2D eigenvalue weighted by Crippen LogP contribution is 2.23. The van der Waals surface area contributed by atoms with E-state index in [1.807, 2.05) is 12.1 Å². The number of amides is 1. The molecule has 2 N–H and O–H groups in total. The number of para-hydroxylation sites is 2. The van der Waals surface area contributed by atoms with Crippen LogP contribution in [0.3, 0.4) is 0 Å². The molecule has 1 amide bonds. The van der Waals surface area contributed by atoms with Crippen molar-refractivity contribution in [3.05, 3.63) is 24.3 Å². The molecular weight excluding hydrogens is 238 g/mol. The molecule has 0 heterocycles. The zero-order valence-corrected chi connectivity index (χ0v) is 10.6. The molecule has 0 fully saturated rings. The van der Waals surface area contributed by atoms with Gasteiger partial charge in [0.2, 0.25) is 5.91 Å². The van der Waals surface area contributed by atoms with Gasteiger partial charge in [0.05, 0.1) is 19.4 Å². The molecule has 1 aromatic rings. The lowest BCUT2D eigenvalue weighted by Gasteiger charge is -2.09. The van der Waals surface area contributed by atoms with Crippen molar-refractivity contribution in [1.29, 1.82) is 0 Å². The number of carbonyl (C=O) groups excluding carboxylic acids is 1. The summed E-state index contributed by atoms with van der Waals surface area (Å²) in [6.07, 6.45) is 0.433. The molecule has 0 aromatic heterocycles. The molecule has 17 heavy (non-hydrogen) atoms. The monoisotopic (exact) mass is 255 g/mol. The van der Waals surface area contributed by atoms with E-state index in [-0.39, 0.29) is 12.5 Å². The molecule has 1 aromatic carbocycles. The van der Waals surface area contributed by atoms with Crippen LogP contribution in [0.2, 0.25) is 0 Å². The quantitative estimate of drug-likeness (QED) is 0.729. The van der Waals surface area contributed by atoms with Gasteiger partial charge in [-0.25, -0.2) is 0 Å². The Labute approximate surface area is 105 Å². The second-order valence-corrected chi connectivity index (χ2v) is 4.56. The number of ether oxygens (including phenoxy) is 1. The summed E-state index contributed by atoms with van der Waals surface area (Å²) in [5.41, 5.74) is 0.687. The van der Waals surface area contributed by atoms with E-state index in [2.05, 4.69) is 5.32 Å². The highest BCUT2D eigenvalue weighted by molar-refractivity contribution is 7.99. The summed E-state index contributed by atoms with van der Waals surface area (Å²) in [5.74, 6) is 1.99. The standard InChI is InChI=1S/C12H17NO3S/c1-16-11-5-3-2-4-10(11)13-12(15)6-8-17-9-7-14/h2-5,14H,6-9H2,1H3,(H,13,15). The van der Waals surface area contributed by atoms with Gasteiger partial charge < -0.3 is 15.2 Å². The van der Waals surface area contributed by atoms with E-state index in [0.29, 0.717) is 29.4 Å². The Balaban J connectivity index is 2.39. The number of nitrogens with one attached hydrogen (secondary N) is 1. The number of hydrogen-bond donors (Lipinski definition) is 2. The molecule has 0 aliphatic carbocycles. The Morgan fingerprint density at radius 1 is 1.41 bits per heavy atom. The lowest BCUT2D eigenvalue weighted by atomic mass is 10.3. The van der Waals surface area contributed by atoms with Crippen LogP contribution in [0.15, 0.2) is 24.3 Å². The van der Waals surface area contributed by atoms with E-state index < -0.39 is 0 Å². The summed E-state index contributed by atoms with van der Waals surface area (Å²) in [5, 5.41) is 11.4. The molecule has 0 aliphatic heterocycles. The van der Waals surface area contributed by atoms with Crippen LogP contribution in [-0.4, -0.2) is 36.2 Å². The number of benzene rings is 1. The van der Waals surface area contributed by atoms with Gasteiger partial charge in [0.1, 0.15) is 5.75 Å². The number of thioether (sulfide) groups is 1. The van der Waals surface area contributed by atoms with Crippen molar-refractivity contribution in [3.8, 4) is 5.75 Å². The topological polar surface area (TPSA) is 58.6 Å². The fourth-order valence-corrected chi connectivity index (χ4v) is 1.96. The maximum absolute atomic E-state index is 11.6. The molecule has 5 heteroatoms. The second-order valence-electron chi connectivity index (χ2n) is 3.33. The second kappa shape index (κ2) is 7.97. The molecule has 0 saturated carbocycles. The fraction of sp³-hybridized carbons (Fsp3) is 0.417. The molecular formula is C12H17NO3S. The Bertz CT molecular complexity index is 357. The third kappa shape index (κ3) is 5.10. The molecule has 0 saturated heterocycles. The predicted octanol–water partition coefficient (Wildman–Crippen LogP) is 1.75. The lowest BCUT2D eigenvalue weighted by Crippen LogP contribution is -2.13. The van der Waals surface area contributed by atoms with Crippen molar-refractivity contribution in [1.82, 2.24) is 0 Å². The predicted molar refractivity (Wildman–Crippen MR) is 70.7 cm³/mol. The van der Waals surface area contributed by atoms with Crippen molar-refractivity contribution in [3.63, 3.8) is 0 Å². The Morgan fingerprint density at radius 2 is 2.18 bits per heavy atom. The third-order valence-electron chi connectivity index (χ3n) is 2.09. The average Bonchev–Trinajstić information content (AvgIpc) is 2.35. The molecule has 1 rings (SSSR count). The van der Waals surface area contributed by atoms with Crippen LogP contribution in [0.25, 0.3) is 0 Å². The maximum atomic E-state index is 11.6. The minimum Gasteiger partial charge on any atom is -0.495 e. The van der Waals surface area contributed by atoms with Crippen LogP contribution in [0.4, 0.5) is 5.69 Å². The molecule has 0 atom stereocenters. The molecule has 0 unspecified atom stereocenters. The van der Waals surface area contributed by atoms with Crippen LogP contribution >= 0.6 is 11.8 Å². The van der Waals surface area contributed by atoms with Crippen LogP contribution in [0.5, 0.6) is 5.75 Å². The third-order valence-corrected chi connectivity index (χ3v) is 3.05. The summed E-state index contributed by atoms with van der Waals surface area (Å²) in [4.78, 5) is 11.6. The van der Waals surface area contributed by atoms with Crippen LogP contribution in [-0.2, 0) is 4.79 Å². The lowest BCUT2D eigenvalue weighted by molar-refractivity contribution is -0.115. The van der Waals surface area contributed by atoms with Gasteiger partial charge in [-0.05, 0) is 12.1 Å². The highest BCUT2D eigenvalue weighted by Gasteiger charge is 2.06. The normalized spacial score (nSPS) is 10.0. The summed E-state index contributed by atoms with van der Waals surface area (Å²) in [7, 11) is 1.57. The van der Waals surface area contributed by atoms with Gasteiger partial charge in [0.15, 0.2) is 0 Å². The van der Waals surface area contributed by atoms with Gasteiger partial charge in [-0.15, -0.1) is 0 Å². The van der Waals surface area contributed by atoms with Gasteiger partial charge in [-0.1, -0.05) is 12.1 Å². The molecule has 0 aliphatic rings. The first-order chi connectivity index (χ1) is 8.27. The maximum Gasteiger partial charge on any atom is 0.225 e. The number of carbonyl (C=O) groups is 1. The minimum absolute atomic E-state index is 0.0417. The Morgan fingerprint density at radius 3 is 2.88 bits per heavy atom. The van der Waals surface area contributed by atoms with Crippen molar-refractivity contribution in [2.45, 2.75) is 6.42 Å². The highest BCUT2D eigenvalue weighted by atomic mass is 32.2. The summed E-state index contributed by atoms with van der Waals surface area (Å²) in [6.45, 7) is 0.152. The average molecular weight is 255 g/mol. The fourth-order valence-electron chi connectivity index (χ4n) is 1.29. The van der Waals surface area contributed by atoms with Gasteiger partial charge in [-0.2, -0.15) is 11.8 Å². The van der Waals surface area contributed by atoms with Gasteiger partial charge in [-0.3, -0.25) is 4.79 Å². The first-order valence-electron chi connectivity index (χ1n) is 5.39. The number of hydrogen-bond acceptors (Lipinski definition) is 4. The number of rotatable bonds is 7. The molecule has 0 radical (unpaired) electrons. The van der Waals surface area contributed by atoms with Crippen molar-refractivity contribution < 1.29 is 14.6 Å². The largest absolute Gasteiger partial charge is 0.495 e. The van der Waals surface area contributed by atoms with Gasteiger partial charge >= 0.3 is 0 Å². The molecule has 0 bridgehead atoms. The number of methoxy groups -OCH3 is 1. The number of aliphatic hydroxyl groups excluding tert-OH is 1. The van der Waals surface area contributed by atoms with E-state index in [1.54, 1.807) is 31.0 Å². The smallest absolute Gasteiger partial charge is 0.225 e. The zero-order chi connectivity index (χ0) is 12.5. The molecule has 0 spiro atoms. The number of anilines is 1.